The summed E-state index contributed by atoms with van der Waals surface area (Å²) < 4.78 is 10.8. The van der Waals surface area contributed by atoms with E-state index in [9.17, 15) is 45.0 Å². The first-order valence-electron chi connectivity index (χ1n) is 9.45. The Morgan fingerprint density at radius 1 is 0.969 bits per heavy atom. The number of aliphatic hydroxyl groups is 4. The third-order valence-electron chi connectivity index (χ3n) is 5.43. The summed E-state index contributed by atoms with van der Waals surface area (Å²) in [6.45, 7) is -0.739. The van der Waals surface area contributed by atoms with Crippen LogP contribution in [0.1, 0.15) is 42.2 Å². The minimum Gasteiger partial charge on any atom is -0.507 e. The van der Waals surface area contributed by atoms with Crippen molar-refractivity contribution in [1.29, 1.82) is 0 Å². The van der Waals surface area contributed by atoms with Crippen LogP contribution in [0.5, 0.6) is 11.5 Å². The van der Waals surface area contributed by atoms with Crippen LogP contribution in [0.4, 0.5) is 0 Å². The van der Waals surface area contributed by atoms with Crippen LogP contribution in [-0.4, -0.2) is 85.5 Å². The van der Waals surface area contributed by atoms with E-state index in [1.165, 1.54) is 18.2 Å². The maximum absolute atomic E-state index is 13.2. The summed E-state index contributed by atoms with van der Waals surface area (Å²) in [5.74, 6) is -3.92. The molecule has 1 aliphatic heterocycles. The molecule has 11 heteroatoms. The Morgan fingerprint density at radius 2 is 1.69 bits per heavy atom. The van der Waals surface area contributed by atoms with Crippen LogP contribution in [0.3, 0.4) is 0 Å². The molecule has 2 aromatic rings. The van der Waals surface area contributed by atoms with Crippen molar-refractivity contribution >= 4 is 17.5 Å². The molecule has 11 nitrogen and oxygen atoms in total. The SMILES string of the molecule is O=C(O)c1cc(O[C@@H]2O[C@H](CO)[C@@H](O)[C@H](O)[C@H]2O)c2c(c1)C(=O)c1cccc(O)c1C2=O. The molecule has 4 rings (SSSR count). The summed E-state index contributed by atoms with van der Waals surface area (Å²) in [6, 6.07) is 5.79. The molecular formula is C21H18O11. The number of carboxylic acid groups (broad SMARTS) is 1. The number of hydrogen-bond donors (Lipinski definition) is 6. The van der Waals surface area contributed by atoms with Crippen LogP contribution in [0.2, 0.25) is 0 Å². The van der Waals surface area contributed by atoms with Gasteiger partial charge in [0.05, 0.1) is 23.3 Å². The van der Waals surface area contributed by atoms with Crippen LogP contribution in [0.25, 0.3) is 0 Å². The van der Waals surface area contributed by atoms with E-state index in [4.69, 9.17) is 9.47 Å². The van der Waals surface area contributed by atoms with Gasteiger partial charge in [-0.15, -0.1) is 0 Å². The monoisotopic (exact) mass is 446 g/mol. The third-order valence-corrected chi connectivity index (χ3v) is 5.43. The highest BCUT2D eigenvalue weighted by molar-refractivity contribution is 6.30. The van der Waals surface area contributed by atoms with Crippen LogP contribution < -0.4 is 4.74 Å². The minimum atomic E-state index is -1.84. The number of benzene rings is 2. The Kier molecular flexibility index (Phi) is 5.44. The van der Waals surface area contributed by atoms with Crippen LogP contribution in [-0.2, 0) is 4.74 Å². The van der Waals surface area contributed by atoms with Crippen molar-refractivity contribution in [3.63, 3.8) is 0 Å². The second kappa shape index (κ2) is 7.97. The summed E-state index contributed by atoms with van der Waals surface area (Å²) in [5, 5.41) is 59.0. The number of carbonyl (C=O) groups excluding carboxylic acids is 2. The van der Waals surface area contributed by atoms with Gasteiger partial charge in [0.1, 0.15) is 35.9 Å². The van der Waals surface area contributed by atoms with Gasteiger partial charge in [0.25, 0.3) is 0 Å². The number of aromatic hydroxyl groups is 1. The summed E-state index contributed by atoms with van der Waals surface area (Å²) >= 11 is 0. The number of hydrogen-bond acceptors (Lipinski definition) is 10. The first-order chi connectivity index (χ1) is 15.1. The molecule has 2 aliphatic rings. The number of rotatable bonds is 4. The van der Waals surface area contributed by atoms with E-state index in [1.807, 2.05) is 0 Å². The lowest BCUT2D eigenvalue weighted by atomic mass is 9.82. The molecule has 1 saturated heterocycles. The molecule has 0 saturated carbocycles. The van der Waals surface area contributed by atoms with E-state index in [0.29, 0.717) is 0 Å². The predicted molar refractivity (Wildman–Crippen MR) is 103 cm³/mol. The topological polar surface area (TPSA) is 191 Å². The maximum Gasteiger partial charge on any atom is 0.335 e. The van der Waals surface area contributed by atoms with Gasteiger partial charge < -0.3 is 40.1 Å². The number of aromatic carboxylic acids is 1. The summed E-state index contributed by atoms with van der Waals surface area (Å²) in [4.78, 5) is 37.7. The lowest BCUT2D eigenvalue weighted by molar-refractivity contribution is -0.277. The van der Waals surface area contributed by atoms with Crippen molar-refractivity contribution in [3.8, 4) is 11.5 Å². The minimum absolute atomic E-state index is 0.121. The van der Waals surface area contributed by atoms with Crippen molar-refractivity contribution in [2.24, 2.45) is 0 Å². The average molecular weight is 446 g/mol. The summed E-state index contributed by atoms with van der Waals surface area (Å²) in [7, 11) is 0. The fraction of sp³-hybridized carbons (Fsp3) is 0.286. The quantitative estimate of drug-likeness (QED) is 0.289. The molecule has 0 amide bonds. The first-order valence-corrected chi connectivity index (χ1v) is 9.45. The highest BCUT2D eigenvalue weighted by atomic mass is 16.7. The Bertz CT molecular complexity index is 1120. The zero-order valence-corrected chi connectivity index (χ0v) is 16.2. The molecule has 1 aliphatic carbocycles. The van der Waals surface area contributed by atoms with Gasteiger partial charge in [-0.1, -0.05) is 12.1 Å². The maximum atomic E-state index is 13.2. The Balaban J connectivity index is 1.84. The molecule has 1 fully saturated rings. The standard InChI is InChI=1S/C21H18O11/c22-6-12-16(25)18(27)19(28)21(32-12)31-11-5-7(20(29)30)4-9-14(11)17(26)13-8(15(9)24)2-1-3-10(13)23/h1-5,12,16,18-19,21-23,25,27-28H,6H2,(H,29,30)/t12-,16-,18+,19-,21-/m1/s1. The third kappa shape index (κ3) is 3.32. The first kappa shape index (κ1) is 21.9. The van der Waals surface area contributed by atoms with Gasteiger partial charge >= 0.3 is 5.97 Å². The van der Waals surface area contributed by atoms with E-state index in [0.717, 1.165) is 12.1 Å². The smallest absolute Gasteiger partial charge is 0.335 e. The fourth-order valence-corrected chi connectivity index (χ4v) is 3.77. The predicted octanol–water partition coefficient (Wildman–Crippen LogP) is -0.956. The molecule has 6 N–H and O–H groups in total. The summed E-state index contributed by atoms with van der Waals surface area (Å²) in [6.07, 6.45) is -8.34. The fourth-order valence-electron chi connectivity index (χ4n) is 3.77. The van der Waals surface area contributed by atoms with E-state index in [2.05, 4.69) is 0 Å². The normalized spacial score (nSPS) is 26.9. The molecule has 5 atom stereocenters. The molecule has 168 valence electrons. The number of carboxylic acids is 1. The van der Waals surface area contributed by atoms with Gasteiger partial charge in [-0.25, -0.2) is 4.79 Å². The molecule has 1 heterocycles. The molecule has 2 aromatic carbocycles. The number of phenolic OH excluding ortho intramolecular Hbond substituents is 1. The van der Waals surface area contributed by atoms with Gasteiger partial charge in [-0.2, -0.15) is 0 Å². The van der Waals surface area contributed by atoms with Crippen LogP contribution >= 0.6 is 0 Å². The van der Waals surface area contributed by atoms with Gasteiger partial charge in [0.2, 0.25) is 12.1 Å². The molecule has 0 unspecified atom stereocenters. The number of fused-ring (bicyclic) bond motifs is 2. The van der Waals surface area contributed by atoms with Crippen molar-refractivity contribution in [1.82, 2.24) is 0 Å². The van der Waals surface area contributed by atoms with Gasteiger partial charge in [0, 0.05) is 11.1 Å². The number of aliphatic hydroxyl groups excluding tert-OH is 4. The van der Waals surface area contributed by atoms with Gasteiger partial charge in [0.15, 0.2) is 5.78 Å². The highest BCUT2D eigenvalue weighted by Crippen LogP contribution is 2.38. The van der Waals surface area contributed by atoms with Crippen molar-refractivity contribution in [2.75, 3.05) is 6.61 Å². The second-order valence-electron chi connectivity index (χ2n) is 7.38. The van der Waals surface area contributed by atoms with Crippen molar-refractivity contribution in [2.45, 2.75) is 30.7 Å². The number of ketones is 2. The van der Waals surface area contributed by atoms with Gasteiger partial charge in [-0.05, 0) is 18.2 Å². The zero-order valence-electron chi connectivity index (χ0n) is 16.2. The summed E-state index contributed by atoms with van der Waals surface area (Å²) in [5.41, 5.74) is -1.50. The van der Waals surface area contributed by atoms with Gasteiger partial charge in [-0.3, -0.25) is 9.59 Å². The average Bonchev–Trinajstić information content (AvgIpc) is 2.77. The number of phenols is 1. The molecule has 0 spiro atoms. The lowest BCUT2D eigenvalue weighted by Crippen LogP contribution is -2.60. The van der Waals surface area contributed by atoms with E-state index in [1.54, 1.807) is 0 Å². The second-order valence-corrected chi connectivity index (χ2v) is 7.38. The molecular weight excluding hydrogens is 428 g/mol. The highest BCUT2D eigenvalue weighted by Gasteiger charge is 2.45. The molecule has 0 radical (unpaired) electrons. The van der Waals surface area contributed by atoms with E-state index in [-0.39, 0.29) is 22.3 Å². The van der Waals surface area contributed by atoms with Crippen molar-refractivity contribution < 1.29 is 54.5 Å². The Hall–Kier alpha value is -3.35. The largest absolute Gasteiger partial charge is 0.507 e. The molecule has 32 heavy (non-hydrogen) atoms. The zero-order chi connectivity index (χ0) is 23.3. The Morgan fingerprint density at radius 3 is 2.34 bits per heavy atom. The lowest BCUT2D eigenvalue weighted by Gasteiger charge is -2.39. The molecule has 0 bridgehead atoms. The van der Waals surface area contributed by atoms with E-state index >= 15 is 0 Å². The number of ether oxygens (including phenoxy) is 2. The molecule has 0 aromatic heterocycles. The van der Waals surface area contributed by atoms with Crippen molar-refractivity contribution in [3.05, 3.63) is 58.1 Å². The van der Waals surface area contributed by atoms with Crippen LogP contribution in [0, 0.1) is 0 Å². The number of carbonyl (C=O) groups is 3. The van der Waals surface area contributed by atoms with Crippen LogP contribution in [0.15, 0.2) is 30.3 Å². The Labute approximate surface area is 179 Å². The van der Waals surface area contributed by atoms with E-state index < -0.39 is 71.9 Å².